The highest BCUT2D eigenvalue weighted by molar-refractivity contribution is 6.19. The fourth-order valence-electron chi connectivity index (χ4n) is 3.16. The van der Waals surface area contributed by atoms with E-state index >= 15 is 0 Å². The lowest BCUT2D eigenvalue weighted by Crippen LogP contribution is -2.23. The predicted octanol–water partition coefficient (Wildman–Crippen LogP) is 4.99. The topological polar surface area (TPSA) is 27.7 Å². The zero-order valence-electron chi connectivity index (χ0n) is 15.6. The molecule has 2 aliphatic heterocycles. The van der Waals surface area contributed by atoms with Crippen LogP contribution in [0.1, 0.15) is 58.8 Å². The standard InChI is InChI=1S/C21H31ClO3/c1-17(16-24-21-11-7-9-13-23-21)14-19-15-18(2)20(25-19)10-6-4-3-5-8-12-22/h14-15,19-21H,3-4,6-7,9-13,16H2,1-2H3/b17-14+/t19-,20-,21?/m1/s1. The monoisotopic (exact) mass is 366 g/mol. The van der Waals surface area contributed by atoms with E-state index in [9.17, 15) is 0 Å². The van der Waals surface area contributed by atoms with E-state index < -0.39 is 0 Å². The van der Waals surface area contributed by atoms with E-state index in [4.69, 9.17) is 25.8 Å². The third-order valence-electron chi connectivity index (χ3n) is 4.55. The molecule has 0 aromatic rings. The smallest absolute Gasteiger partial charge is 0.158 e. The Morgan fingerprint density at radius 1 is 1.36 bits per heavy atom. The lowest BCUT2D eigenvalue weighted by Gasteiger charge is -2.23. The molecule has 4 heteroatoms. The van der Waals surface area contributed by atoms with Crippen molar-refractivity contribution in [2.75, 3.05) is 19.1 Å². The molecule has 25 heavy (non-hydrogen) atoms. The molecule has 0 N–H and O–H groups in total. The van der Waals surface area contributed by atoms with Gasteiger partial charge in [0.2, 0.25) is 0 Å². The molecule has 3 atom stereocenters. The third-order valence-corrected chi connectivity index (χ3v) is 4.68. The van der Waals surface area contributed by atoms with E-state index in [1.807, 2.05) is 0 Å². The van der Waals surface area contributed by atoms with E-state index in [0.717, 1.165) is 45.1 Å². The maximum Gasteiger partial charge on any atom is 0.158 e. The van der Waals surface area contributed by atoms with Gasteiger partial charge in [0.1, 0.15) is 0 Å². The minimum absolute atomic E-state index is 0.0338. The van der Waals surface area contributed by atoms with Crippen molar-refractivity contribution in [3.63, 3.8) is 0 Å². The van der Waals surface area contributed by atoms with Crippen LogP contribution >= 0.6 is 11.6 Å². The summed E-state index contributed by atoms with van der Waals surface area (Å²) in [5.41, 5.74) is 2.53. The normalized spacial score (nSPS) is 26.9. The summed E-state index contributed by atoms with van der Waals surface area (Å²) in [5.74, 6) is 6.40. The Morgan fingerprint density at radius 3 is 3.00 bits per heavy atom. The third kappa shape index (κ3) is 7.96. The molecule has 0 spiro atoms. The van der Waals surface area contributed by atoms with Crippen molar-refractivity contribution < 1.29 is 14.2 Å². The van der Waals surface area contributed by atoms with Gasteiger partial charge in [-0.15, -0.1) is 17.5 Å². The van der Waals surface area contributed by atoms with Crippen LogP contribution in [0.4, 0.5) is 0 Å². The first-order valence-electron chi connectivity index (χ1n) is 9.45. The Bertz CT molecular complexity index is 509. The Labute approximate surface area is 157 Å². The van der Waals surface area contributed by atoms with Gasteiger partial charge in [-0.25, -0.2) is 0 Å². The molecule has 0 aromatic carbocycles. The van der Waals surface area contributed by atoms with Crippen LogP contribution in [-0.4, -0.2) is 37.6 Å². The van der Waals surface area contributed by atoms with Crippen molar-refractivity contribution in [2.24, 2.45) is 0 Å². The number of unbranched alkanes of at least 4 members (excludes halogenated alkanes) is 2. The van der Waals surface area contributed by atoms with Crippen molar-refractivity contribution in [3.8, 4) is 11.8 Å². The highest BCUT2D eigenvalue weighted by atomic mass is 35.5. The zero-order chi connectivity index (χ0) is 17.9. The molecule has 0 aromatic heterocycles. The Balaban J connectivity index is 1.66. The first-order valence-corrected chi connectivity index (χ1v) is 9.98. The molecule has 1 unspecified atom stereocenters. The summed E-state index contributed by atoms with van der Waals surface area (Å²) in [6.45, 7) is 5.69. The van der Waals surface area contributed by atoms with Gasteiger partial charge in [0.25, 0.3) is 0 Å². The van der Waals surface area contributed by atoms with Gasteiger partial charge in [0.05, 0.1) is 24.7 Å². The maximum absolute atomic E-state index is 6.15. The van der Waals surface area contributed by atoms with Crippen LogP contribution in [-0.2, 0) is 14.2 Å². The van der Waals surface area contributed by atoms with Crippen LogP contribution in [0.15, 0.2) is 23.3 Å². The Morgan fingerprint density at radius 2 is 2.24 bits per heavy atom. The molecule has 2 aliphatic rings. The highest BCUT2D eigenvalue weighted by Crippen LogP contribution is 2.25. The predicted molar refractivity (Wildman–Crippen MR) is 103 cm³/mol. The molecule has 0 bridgehead atoms. The molecule has 1 fully saturated rings. The first kappa shape index (κ1) is 20.5. The van der Waals surface area contributed by atoms with Crippen LogP contribution < -0.4 is 0 Å². The SMILES string of the molecule is CC1=C[C@@H](/C=C(\C)COC2CCCCO2)O[C@@H]1CCCCC#CCCl. The van der Waals surface area contributed by atoms with E-state index in [1.54, 1.807) is 0 Å². The fraction of sp³-hybridized carbons (Fsp3) is 0.714. The molecule has 2 heterocycles. The lowest BCUT2D eigenvalue weighted by molar-refractivity contribution is -0.156. The van der Waals surface area contributed by atoms with Crippen LogP contribution in [0.2, 0.25) is 0 Å². The summed E-state index contributed by atoms with van der Waals surface area (Å²) < 4.78 is 17.6. The summed E-state index contributed by atoms with van der Waals surface area (Å²) in [7, 11) is 0. The van der Waals surface area contributed by atoms with Crippen molar-refractivity contribution in [2.45, 2.75) is 77.3 Å². The molecule has 0 radical (unpaired) electrons. The number of ether oxygens (including phenoxy) is 3. The number of hydrogen-bond donors (Lipinski definition) is 0. The average Bonchev–Trinajstić information content (AvgIpc) is 2.96. The molecule has 140 valence electrons. The lowest BCUT2D eigenvalue weighted by atomic mass is 10.1. The quantitative estimate of drug-likeness (QED) is 0.262. The largest absolute Gasteiger partial charge is 0.362 e. The van der Waals surface area contributed by atoms with E-state index in [-0.39, 0.29) is 18.5 Å². The van der Waals surface area contributed by atoms with Crippen LogP contribution in [0.3, 0.4) is 0 Å². The van der Waals surface area contributed by atoms with Crippen LogP contribution in [0, 0.1) is 11.8 Å². The first-order chi connectivity index (χ1) is 12.2. The summed E-state index contributed by atoms with van der Waals surface area (Å²) in [6.07, 6.45) is 12.2. The number of alkyl halides is 1. The van der Waals surface area contributed by atoms with Gasteiger partial charge < -0.3 is 14.2 Å². The van der Waals surface area contributed by atoms with Crippen molar-refractivity contribution >= 4 is 11.6 Å². The van der Waals surface area contributed by atoms with Crippen molar-refractivity contribution in [3.05, 3.63) is 23.3 Å². The average molecular weight is 367 g/mol. The second kappa shape index (κ2) is 11.8. The second-order valence-electron chi connectivity index (χ2n) is 6.85. The number of halogens is 1. The molecular weight excluding hydrogens is 336 g/mol. The fourth-order valence-corrected chi connectivity index (χ4v) is 3.25. The number of rotatable bonds is 8. The van der Waals surface area contributed by atoms with E-state index in [1.165, 1.54) is 17.6 Å². The molecule has 3 nitrogen and oxygen atoms in total. The molecule has 0 amide bonds. The van der Waals surface area contributed by atoms with Gasteiger partial charge in [-0.2, -0.15) is 0 Å². The molecule has 0 aliphatic carbocycles. The van der Waals surface area contributed by atoms with Gasteiger partial charge in [-0.3, -0.25) is 0 Å². The zero-order valence-corrected chi connectivity index (χ0v) is 16.3. The summed E-state index contributed by atoms with van der Waals surface area (Å²) >= 11 is 5.54. The molecule has 1 saturated heterocycles. The summed E-state index contributed by atoms with van der Waals surface area (Å²) in [6, 6.07) is 0. The second-order valence-corrected chi connectivity index (χ2v) is 7.12. The molecule has 2 rings (SSSR count). The van der Waals surface area contributed by atoms with Gasteiger partial charge >= 0.3 is 0 Å². The maximum atomic E-state index is 6.15. The van der Waals surface area contributed by atoms with Crippen molar-refractivity contribution in [1.29, 1.82) is 0 Å². The molecular formula is C21H31ClO3. The van der Waals surface area contributed by atoms with Gasteiger partial charge in [-0.05, 0) is 63.5 Å². The summed E-state index contributed by atoms with van der Waals surface area (Å²) in [4.78, 5) is 0. The minimum Gasteiger partial charge on any atom is -0.362 e. The number of hydrogen-bond acceptors (Lipinski definition) is 3. The highest BCUT2D eigenvalue weighted by Gasteiger charge is 2.22. The Kier molecular flexibility index (Phi) is 9.65. The van der Waals surface area contributed by atoms with E-state index in [2.05, 4.69) is 37.8 Å². The van der Waals surface area contributed by atoms with Crippen LogP contribution in [0.25, 0.3) is 0 Å². The summed E-state index contributed by atoms with van der Waals surface area (Å²) in [5, 5.41) is 0. The molecule has 0 saturated carbocycles. The van der Waals surface area contributed by atoms with Gasteiger partial charge in [0, 0.05) is 13.0 Å². The van der Waals surface area contributed by atoms with Crippen LogP contribution in [0.5, 0.6) is 0 Å². The van der Waals surface area contributed by atoms with Gasteiger partial charge in [-0.1, -0.05) is 18.1 Å². The van der Waals surface area contributed by atoms with Crippen molar-refractivity contribution in [1.82, 2.24) is 0 Å². The van der Waals surface area contributed by atoms with E-state index in [0.29, 0.717) is 12.5 Å². The Hall–Kier alpha value is -0.790. The van der Waals surface area contributed by atoms with Gasteiger partial charge in [0.15, 0.2) is 6.29 Å². The minimum atomic E-state index is -0.0338.